The maximum atomic E-state index is 11.8. The van der Waals surface area contributed by atoms with Crippen LogP contribution in [0.3, 0.4) is 0 Å². The molecule has 0 saturated heterocycles. The van der Waals surface area contributed by atoms with Gasteiger partial charge in [-0.2, -0.15) is 0 Å². The van der Waals surface area contributed by atoms with E-state index in [0.29, 0.717) is 18.8 Å². The molecule has 0 bridgehead atoms. The number of hydrogen-bond acceptors (Lipinski definition) is 4. The molecule has 1 unspecified atom stereocenters. The molecule has 6 nitrogen and oxygen atoms in total. The first-order valence-electron chi connectivity index (χ1n) is 6.70. The minimum Gasteiger partial charge on any atom is -0.347 e. The van der Waals surface area contributed by atoms with Gasteiger partial charge in [0, 0.05) is 5.69 Å². The van der Waals surface area contributed by atoms with Crippen molar-refractivity contribution < 1.29 is 4.79 Å². The molecule has 1 aromatic heterocycles. The van der Waals surface area contributed by atoms with E-state index in [1.807, 2.05) is 41.8 Å². The van der Waals surface area contributed by atoms with Crippen LogP contribution in [-0.2, 0) is 11.3 Å². The van der Waals surface area contributed by atoms with Crippen molar-refractivity contribution >= 4 is 5.91 Å². The molecule has 106 valence electrons. The van der Waals surface area contributed by atoms with E-state index in [1.165, 1.54) is 0 Å². The standard InChI is InChI=1S/C14H19N5O/c1-2-6-12(15)14(20)16-9-13-18-17-10-19(13)11-7-4-3-5-8-11/h3-5,7-8,10,12H,2,6,9,15H2,1H3,(H,16,20). The summed E-state index contributed by atoms with van der Waals surface area (Å²) >= 11 is 0. The number of rotatable bonds is 6. The molecule has 1 amide bonds. The van der Waals surface area contributed by atoms with Crippen molar-refractivity contribution in [2.45, 2.75) is 32.4 Å². The minimum atomic E-state index is -0.465. The van der Waals surface area contributed by atoms with Gasteiger partial charge in [0.1, 0.15) is 6.33 Å². The Morgan fingerprint density at radius 1 is 1.40 bits per heavy atom. The van der Waals surface area contributed by atoms with E-state index in [2.05, 4.69) is 15.5 Å². The van der Waals surface area contributed by atoms with Crippen molar-refractivity contribution in [1.29, 1.82) is 0 Å². The highest BCUT2D eigenvalue weighted by Gasteiger charge is 2.13. The van der Waals surface area contributed by atoms with Gasteiger partial charge in [0.2, 0.25) is 5.91 Å². The number of hydrogen-bond donors (Lipinski definition) is 2. The Bertz CT molecular complexity index is 552. The third-order valence-corrected chi connectivity index (χ3v) is 3.01. The molecule has 0 aliphatic carbocycles. The topological polar surface area (TPSA) is 85.8 Å². The van der Waals surface area contributed by atoms with E-state index >= 15 is 0 Å². The lowest BCUT2D eigenvalue weighted by molar-refractivity contribution is -0.122. The Hall–Kier alpha value is -2.21. The van der Waals surface area contributed by atoms with E-state index in [9.17, 15) is 4.79 Å². The zero-order valence-electron chi connectivity index (χ0n) is 11.5. The molecule has 0 aliphatic rings. The number of nitrogens with zero attached hydrogens (tertiary/aromatic N) is 3. The molecule has 0 aliphatic heterocycles. The number of carbonyl (C=O) groups excluding carboxylic acids is 1. The molecule has 1 atom stereocenters. The third-order valence-electron chi connectivity index (χ3n) is 3.01. The molecule has 2 aromatic rings. The average Bonchev–Trinajstić information content (AvgIpc) is 2.94. The van der Waals surface area contributed by atoms with Crippen LogP contribution in [0.25, 0.3) is 5.69 Å². The van der Waals surface area contributed by atoms with Crippen molar-refractivity contribution in [2.24, 2.45) is 5.73 Å². The van der Waals surface area contributed by atoms with Crippen LogP contribution in [0.15, 0.2) is 36.7 Å². The molecule has 1 aromatic carbocycles. The highest BCUT2D eigenvalue weighted by molar-refractivity contribution is 5.81. The summed E-state index contributed by atoms with van der Waals surface area (Å²) in [6, 6.07) is 9.27. The fraction of sp³-hybridized carbons (Fsp3) is 0.357. The quantitative estimate of drug-likeness (QED) is 0.822. The van der Waals surface area contributed by atoms with Gasteiger partial charge in [-0.3, -0.25) is 9.36 Å². The summed E-state index contributed by atoms with van der Waals surface area (Å²) < 4.78 is 1.84. The van der Waals surface area contributed by atoms with Gasteiger partial charge in [0.25, 0.3) is 0 Å². The summed E-state index contributed by atoms with van der Waals surface area (Å²) in [7, 11) is 0. The van der Waals surface area contributed by atoms with Gasteiger partial charge >= 0.3 is 0 Å². The summed E-state index contributed by atoms with van der Waals surface area (Å²) in [5.41, 5.74) is 6.72. The van der Waals surface area contributed by atoms with Crippen LogP contribution >= 0.6 is 0 Å². The number of benzene rings is 1. The number of aromatic nitrogens is 3. The van der Waals surface area contributed by atoms with Crippen LogP contribution < -0.4 is 11.1 Å². The fourth-order valence-electron chi connectivity index (χ4n) is 1.92. The van der Waals surface area contributed by atoms with Crippen LogP contribution in [0.5, 0.6) is 0 Å². The maximum absolute atomic E-state index is 11.8. The number of para-hydroxylation sites is 1. The molecular weight excluding hydrogens is 254 g/mol. The molecule has 2 rings (SSSR count). The average molecular weight is 273 g/mol. The summed E-state index contributed by atoms with van der Waals surface area (Å²) in [5.74, 6) is 0.516. The van der Waals surface area contributed by atoms with E-state index in [-0.39, 0.29) is 5.91 Å². The Morgan fingerprint density at radius 3 is 2.85 bits per heavy atom. The molecule has 6 heteroatoms. The Balaban J connectivity index is 2.01. The van der Waals surface area contributed by atoms with Gasteiger partial charge in [-0.1, -0.05) is 31.5 Å². The summed E-state index contributed by atoms with van der Waals surface area (Å²) in [6.07, 6.45) is 3.19. The lowest BCUT2D eigenvalue weighted by atomic mass is 10.2. The minimum absolute atomic E-state index is 0.158. The Morgan fingerprint density at radius 2 is 2.15 bits per heavy atom. The molecule has 3 N–H and O–H groups in total. The second-order valence-electron chi connectivity index (χ2n) is 4.57. The zero-order chi connectivity index (χ0) is 14.4. The summed E-state index contributed by atoms with van der Waals surface area (Å²) in [5, 5.41) is 10.7. The summed E-state index contributed by atoms with van der Waals surface area (Å²) in [4.78, 5) is 11.8. The predicted octanol–water partition coefficient (Wildman–Crippen LogP) is 1.01. The molecule has 1 heterocycles. The lowest BCUT2D eigenvalue weighted by Crippen LogP contribution is -2.40. The first kappa shape index (κ1) is 14.2. The first-order chi connectivity index (χ1) is 9.72. The second-order valence-corrected chi connectivity index (χ2v) is 4.57. The Labute approximate surface area is 118 Å². The number of nitrogens with two attached hydrogens (primary N) is 1. The van der Waals surface area contributed by atoms with Crippen LogP contribution in [0.1, 0.15) is 25.6 Å². The zero-order valence-corrected chi connectivity index (χ0v) is 11.5. The van der Waals surface area contributed by atoms with Crippen molar-refractivity contribution in [3.63, 3.8) is 0 Å². The van der Waals surface area contributed by atoms with Crippen molar-refractivity contribution in [2.75, 3.05) is 0 Å². The molecule has 20 heavy (non-hydrogen) atoms. The van der Waals surface area contributed by atoms with Crippen LogP contribution in [0.2, 0.25) is 0 Å². The largest absolute Gasteiger partial charge is 0.347 e. The maximum Gasteiger partial charge on any atom is 0.237 e. The van der Waals surface area contributed by atoms with Gasteiger partial charge in [-0.15, -0.1) is 10.2 Å². The van der Waals surface area contributed by atoms with Crippen LogP contribution in [0.4, 0.5) is 0 Å². The van der Waals surface area contributed by atoms with Gasteiger partial charge in [-0.05, 0) is 18.6 Å². The van der Waals surface area contributed by atoms with E-state index < -0.39 is 6.04 Å². The molecule has 0 spiro atoms. The summed E-state index contributed by atoms with van der Waals surface area (Å²) in [6.45, 7) is 2.31. The lowest BCUT2D eigenvalue weighted by Gasteiger charge is -2.11. The van der Waals surface area contributed by atoms with Gasteiger partial charge in [0.15, 0.2) is 5.82 Å². The second kappa shape index (κ2) is 6.81. The van der Waals surface area contributed by atoms with Crippen molar-refractivity contribution in [3.8, 4) is 5.69 Å². The SMILES string of the molecule is CCCC(N)C(=O)NCc1nncn1-c1ccccc1. The highest BCUT2D eigenvalue weighted by atomic mass is 16.2. The predicted molar refractivity (Wildman–Crippen MR) is 76.1 cm³/mol. The first-order valence-corrected chi connectivity index (χ1v) is 6.70. The third kappa shape index (κ3) is 3.42. The Kier molecular flexibility index (Phi) is 4.84. The van der Waals surface area contributed by atoms with Crippen molar-refractivity contribution in [1.82, 2.24) is 20.1 Å². The molecular formula is C14H19N5O. The van der Waals surface area contributed by atoms with Crippen LogP contribution in [0, 0.1) is 0 Å². The highest BCUT2D eigenvalue weighted by Crippen LogP contribution is 2.08. The van der Waals surface area contributed by atoms with E-state index in [1.54, 1.807) is 6.33 Å². The smallest absolute Gasteiger partial charge is 0.237 e. The molecule has 0 saturated carbocycles. The fourth-order valence-corrected chi connectivity index (χ4v) is 1.92. The van der Waals surface area contributed by atoms with Crippen LogP contribution in [-0.4, -0.2) is 26.7 Å². The van der Waals surface area contributed by atoms with Gasteiger partial charge in [-0.25, -0.2) is 0 Å². The van der Waals surface area contributed by atoms with Gasteiger partial charge in [0.05, 0.1) is 12.6 Å². The number of nitrogens with one attached hydrogen (secondary N) is 1. The normalized spacial score (nSPS) is 12.1. The molecule has 0 fully saturated rings. The van der Waals surface area contributed by atoms with Gasteiger partial charge < -0.3 is 11.1 Å². The van der Waals surface area contributed by atoms with E-state index in [4.69, 9.17) is 5.73 Å². The van der Waals surface area contributed by atoms with E-state index in [0.717, 1.165) is 12.1 Å². The van der Waals surface area contributed by atoms with Crippen molar-refractivity contribution in [3.05, 3.63) is 42.5 Å². The number of carbonyl (C=O) groups is 1. The molecule has 0 radical (unpaired) electrons. The monoisotopic (exact) mass is 273 g/mol. The number of amides is 1.